The third kappa shape index (κ3) is 3.92. The maximum atomic E-state index is 5.27. The summed E-state index contributed by atoms with van der Waals surface area (Å²) >= 11 is 2.12. The van der Waals surface area contributed by atoms with Gasteiger partial charge in [0.15, 0.2) is 0 Å². The average molecular weight is 265 g/mol. The summed E-state index contributed by atoms with van der Waals surface area (Å²) in [4.78, 5) is 0. The molecular weight excluding hydrogens is 242 g/mol. The summed E-state index contributed by atoms with van der Waals surface area (Å²) in [5.41, 5.74) is 1.30. The molecule has 2 rings (SSSR count). The first-order chi connectivity index (χ1) is 8.79. The Morgan fingerprint density at radius 3 is 3.06 bits per heavy atom. The molecule has 1 fully saturated rings. The third-order valence-corrected chi connectivity index (χ3v) is 4.92. The van der Waals surface area contributed by atoms with Gasteiger partial charge in [-0.2, -0.15) is 11.8 Å². The number of thioether (sulfide) groups is 1. The number of hydrogen-bond donors (Lipinski definition) is 1. The molecule has 3 heteroatoms. The molecule has 2 atom stereocenters. The lowest BCUT2D eigenvalue weighted by Crippen LogP contribution is -2.28. The lowest BCUT2D eigenvalue weighted by molar-refractivity contribution is 0.413. The summed E-state index contributed by atoms with van der Waals surface area (Å²) in [7, 11) is 1.72. The molecule has 2 unspecified atom stereocenters. The average Bonchev–Trinajstić information content (AvgIpc) is 2.46. The largest absolute Gasteiger partial charge is 0.497 e. The zero-order chi connectivity index (χ0) is 12.8. The topological polar surface area (TPSA) is 21.3 Å². The molecule has 1 aromatic carbocycles. The van der Waals surface area contributed by atoms with Gasteiger partial charge in [-0.3, -0.25) is 0 Å². The zero-order valence-corrected chi connectivity index (χ0v) is 12.1. The predicted molar refractivity (Wildman–Crippen MR) is 79.5 cm³/mol. The molecule has 0 saturated carbocycles. The molecule has 1 aliphatic rings. The maximum absolute atomic E-state index is 5.27. The number of methoxy groups -OCH3 is 1. The van der Waals surface area contributed by atoms with Crippen molar-refractivity contribution in [3.8, 4) is 5.75 Å². The molecule has 0 spiro atoms. The van der Waals surface area contributed by atoms with Gasteiger partial charge in [0.25, 0.3) is 0 Å². The minimum Gasteiger partial charge on any atom is -0.497 e. The first-order valence-corrected chi connectivity index (χ1v) is 7.83. The van der Waals surface area contributed by atoms with Gasteiger partial charge in [0.05, 0.1) is 7.11 Å². The fourth-order valence-corrected chi connectivity index (χ4v) is 3.56. The maximum Gasteiger partial charge on any atom is 0.119 e. The summed E-state index contributed by atoms with van der Waals surface area (Å²) in [6.07, 6.45) is 4.15. The molecule has 0 radical (unpaired) electrons. The summed E-state index contributed by atoms with van der Waals surface area (Å²) in [5.74, 6) is 2.27. The van der Waals surface area contributed by atoms with Crippen LogP contribution < -0.4 is 10.1 Å². The highest BCUT2D eigenvalue weighted by atomic mass is 32.2. The second-order valence-corrected chi connectivity index (χ2v) is 6.30. The van der Waals surface area contributed by atoms with Crippen LogP contribution >= 0.6 is 11.8 Å². The summed E-state index contributed by atoms with van der Waals surface area (Å²) in [5, 5.41) is 4.44. The molecule has 1 N–H and O–H groups in total. The number of ether oxygens (including phenoxy) is 1. The van der Waals surface area contributed by atoms with Crippen LogP contribution in [0.1, 0.15) is 37.8 Å². The van der Waals surface area contributed by atoms with Crippen LogP contribution in [0, 0.1) is 0 Å². The van der Waals surface area contributed by atoms with Crippen LogP contribution in [0.3, 0.4) is 0 Å². The van der Waals surface area contributed by atoms with E-state index in [9.17, 15) is 0 Å². The molecule has 18 heavy (non-hydrogen) atoms. The summed E-state index contributed by atoms with van der Waals surface area (Å²) in [6, 6.07) is 8.72. The Balaban J connectivity index is 1.84. The van der Waals surface area contributed by atoms with Crippen LogP contribution in [0.15, 0.2) is 24.3 Å². The number of nitrogens with one attached hydrogen (secondary N) is 1. The van der Waals surface area contributed by atoms with Gasteiger partial charge in [-0.15, -0.1) is 0 Å². The van der Waals surface area contributed by atoms with Crippen molar-refractivity contribution in [3.05, 3.63) is 29.8 Å². The summed E-state index contributed by atoms with van der Waals surface area (Å²) < 4.78 is 5.27. The molecule has 0 bridgehead atoms. The molecule has 2 nitrogen and oxygen atoms in total. The Kier molecular flexibility index (Phi) is 5.39. The van der Waals surface area contributed by atoms with E-state index in [1.54, 1.807) is 7.11 Å². The van der Waals surface area contributed by atoms with E-state index in [2.05, 4.69) is 42.2 Å². The highest BCUT2D eigenvalue weighted by Gasteiger charge is 2.15. The van der Waals surface area contributed by atoms with Crippen molar-refractivity contribution < 1.29 is 4.74 Å². The fraction of sp³-hybridized carbons (Fsp3) is 0.600. The van der Waals surface area contributed by atoms with E-state index >= 15 is 0 Å². The molecule has 0 amide bonds. The van der Waals surface area contributed by atoms with Gasteiger partial charge in [-0.25, -0.2) is 0 Å². The van der Waals surface area contributed by atoms with E-state index in [0.29, 0.717) is 6.04 Å². The van der Waals surface area contributed by atoms with Gasteiger partial charge in [0, 0.05) is 17.8 Å². The third-order valence-electron chi connectivity index (χ3n) is 3.52. The van der Waals surface area contributed by atoms with Crippen molar-refractivity contribution >= 4 is 11.8 Å². The van der Waals surface area contributed by atoms with Crippen molar-refractivity contribution in [2.24, 2.45) is 0 Å². The minimum absolute atomic E-state index is 0.391. The molecule has 100 valence electrons. The van der Waals surface area contributed by atoms with Crippen molar-refractivity contribution in [2.45, 2.75) is 37.5 Å². The van der Waals surface area contributed by atoms with Gasteiger partial charge in [0.1, 0.15) is 5.75 Å². The first-order valence-electron chi connectivity index (χ1n) is 6.78. The SMILES string of the molecule is COc1cccc(C(C)NCC2CCCCS2)c1. The van der Waals surface area contributed by atoms with E-state index in [-0.39, 0.29) is 0 Å². The number of hydrogen-bond acceptors (Lipinski definition) is 3. The van der Waals surface area contributed by atoms with Crippen molar-refractivity contribution in [1.82, 2.24) is 5.32 Å². The van der Waals surface area contributed by atoms with Crippen molar-refractivity contribution in [3.63, 3.8) is 0 Å². The molecule has 1 aromatic rings. The lowest BCUT2D eigenvalue weighted by Gasteiger charge is -2.24. The molecule has 1 heterocycles. The van der Waals surface area contributed by atoms with Crippen LogP contribution in [-0.4, -0.2) is 24.7 Å². The highest BCUT2D eigenvalue weighted by Crippen LogP contribution is 2.25. The molecular formula is C15H23NOS. The van der Waals surface area contributed by atoms with Crippen molar-refractivity contribution in [2.75, 3.05) is 19.4 Å². The quantitative estimate of drug-likeness (QED) is 0.878. The van der Waals surface area contributed by atoms with Gasteiger partial charge >= 0.3 is 0 Å². The van der Waals surface area contributed by atoms with E-state index < -0.39 is 0 Å². The molecule has 1 aliphatic heterocycles. The number of rotatable bonds is 5. The Labute approximate surface area is 114 Å². The molecule has 0 aliphatic carbocycles. The van der Waals surface area contributed by atoms with Crippen LogP contribution in [-0.2, 0) is 0 Å². The fourth-order valence-electron chi connectivity index (χ4n) is 2.31. The van der Waals surface area contributed by atoms with Crippen LogP contribution in [0.2, 0.25) is 0 Å². The van der Waals surface area contributed by atoms with Crippen LogP contribution in [0.5, 0.6) is 5.75 Å². The van der Waals surface area contributed by atoms with Crippen LogP contribution in [0.4, 0.5) is 0 Å². The highest BCUT2D eigenvalue weighted by molar-refractivity contribution is 7.99. The number of benzene rings is 1. The van der Waals surface area contributed by atoms with Gasteiger partial charge < -0.3 is 10.1 Å². The Morgan fingerprint density at radius 2 is 2.33 bits per heavy atom. The van der Waals surface area contributed by atoms with Gasteiger partial charge in [-0.1, -0.05) is 18.6 Å². The van der Waals surface area contributed by atoms with Gasteiger partial charge in [-0.05, 0) is 43.2 Å². The van der Waals surface area contributed by atoms with E-state index in [1.807, 2.05) is 6.07 Å². The normalized spacial score (nSPS) is 21.6. The van der Waals surface area contributed by atoms with Crippen molar-refractivity contribution in [1.29, 1.82) is 0 Å². The standard InChI is InChI=1S/C15H23NOS/c1-12(13-6-5-7-14(10-13)17-2)16-11-15-8-3-4-9-18-15/h5-7,10,12,15-16H,3-4,8-9,11H2,1-2H3. The summed E-state index contributed by atoms with van der Waals surface area (Å²) in [6.45, 7) is 3.34. The van der Waals surface area contributed by atoms with E-state index in [4.69, 9.17) is 4.74 Å². The smallest absolute Gasteiger partial charge is 0.119 e. The molecule has 0 aromatic heterocycles. The predicted octanol–water partition coefficient (Wildman–Crippen LogP) is 3.63. The Hall–Kier alpha value is -0.670. The monoisotopic (exact) mass is 265 g/mol. The second-order valence-electron chi connectivity index (χ2n) is 4.90. The van der Waals surface area contributed by atoms with E-state index in [1.165, 1.54) is 30.6 Å². The van der Waals surface area contributed by atoms with Crippen LogP contribution in [0.25, 0.3) is 0 Å². The molecule has 1 saturated heterocycles. The Morgan fingerprint density at radius 1 is 1.44 bits per heavy atom. The van der Waals surface area contributed by atoms with Gasteiger partial charge in [0.2, 0.25) is 0 Å². The second kappa shape index (κ2) is 7.05. The Bertz CT molecular complexity index is 363. The lowest BCUT2D eigenvalue weighted by atomic mass is 10.1. The zero-order valence-electron chi connectivity index (χ0n) is 11.3. The first kappa shape index (κ1) is 13.8. The minimum atomic E-state index is 0.391. The van der Waals surface area contributed by atoms with E-state index in [0.717, 1.165) is 17.5 Å².